The highest BCUT2D eigenvalue weighted by atomic mass is 19.1. The van der Waals surface area contributed by atoms with E-state index < -0.39 is 5.82 Å². The number of halogens is 2. The lowest BCUT2D eigenvalue weighted by atomic mass is 10.2. The fourth-order valence-corrected chi connectivity index (χ4v) is 3.38. The number of benzene rings is 1. The molecule has 0 amide bonds. The van der Waals surface area contributed by atoms with Crippen molar-refractivity contribution in [3.05, 3.63) is 47.8 Å². The van der Waals surface area contributed by atoms with E-state index in [2.05, 4.69) is 15.3 Å². The number of aryl methyl sites for hydroxylation is 2. The van der Waals surface area contributed by atoms with Gasteiger partial charge in [-0.05, 0) is 37.5 Å². The first-order valence-corrected chi connectivity index (χ1v) is 9.77. The van der Waals surface area contributed by atoms with E-state index in [0.29, 0.717) is 31.9 Å². The first-order valence-electron chi connectivity index (χ1n) is 9.77. The van der Waals surface area contributed by atoms with E-state index in [1.807, 2.05) is 35.9 Å². The highest BCUT2D eigenvalue weighted by Crippen LogP contribution is 2.21. The highest BCUT2D eigenvalue weighted by Gasteiger charge is 2.22. The topological polar surface area (TPSA) is 48.7 Å². The molecule has 0 unspecified atom stereocenters. The summed E-state index contributed by atoms with van der Waals surface area (Å²) in [6.07, 6.45) is 5.82. The van der Waals surface area contributed by atoms with Crippen LogP contribution in [0.15, 0.2) is 35.6 Å². The smallest absolute Gasteiger partial charge is 0.194 e. The summed E-state index contributed by atoms with van der Waals surface area (Å²) in [6.45, 7) is 6.25. The molecule has 2 heterocycles. The minimum atomic E-state index is -0.414. The molecular formula is C20H28F2N6. The van der Waals surface area contributed by atoms with E-state index in [1.165, 1.54) is 17.7 Å². The first-order chi connectivity index (χ1) is 13.6. The largest absolute Gasteiger partial charge is 0.366 e. The van der Waals surface area contributed by atoms with E-state index in [1.54, 1.807) is 0 Å². The zero-order valence-electron chi connectivity index (χ0n) is 16.5. The van der Waals surface area contributed by atoms with Crippen LogP contribution in [0.2, 0.25) is 0 Å². The number of guanidine groups is 1. The maximum atomic E-state index is 14.0. The van der Waals surface area contributed by atoms with Crippen molar-refractivity contribution in [1.82, 2.24) is 20.0 Å². The number of nitrogens with zero attached hydrogens (tertiary/aromatic N) is 5. The van der Waals surface area contributed by atoms with Gasteiger partial charge in [-0.2, -0.15) is 5.10 Å². The van der Waals surface area contributed by atoms with Crippen LogP contribution in [0.3, 0.4) is 0 Å². The Labute approximate surface area is 164 Å². The van der Waals surface area contributed by atoms with Crippen LogP contribution in [0.5, 0.6) is 0 Å². The molecular weight excluding hydrogens is 362 g/mol. The molecule has 1 aromatic carbocycles. The van der Waals surface area contributed by atoms with Gasteiger partial charge in [-0.1, -0.05) is 0 Å². The first kappa shape index (κ1) is 20.1. The predicted octanol–water partition coefficient (Wildman–Crippen LogP) is 2.42. The summed E-state index contributed by atoms with van der Waals surface area (Å²) in [5.74, 6) is 0.0845. The molecule has 1 aliphatic rings. The van der Waals surface area contributed by atoms with Crippen molar-refractivity contribution in [2.75, 3.05) is 44.2 Å². The maximum Gasteiger partial charge on any atom is 0.194 e. The number of hydrogen-bond donors (Lipinski definition) is 1. The maximum absolute atomic E-state index is 14.0. The van der Waals surface area contributed by atoms with Crippen LogP contribution in [0, 0.1) is 11.6 Å². The lowest BCUT2D eigenvalue weighted by Crippen LogP contribution is -2.52. The molecule has 0 saturated carbocycles. The molecule has 0 bridgehead atoms. The molecule has 152 valence electrons. The van der Waals surface area contributed by atoms with Crippen LogP contribution in [0.25, 0.3) is 0 Å². The molecule has 0 aliphatic carbocycles. The van der Waals surface area contributed by atoms with E-state index in [9.17, 15) is 8.78 Å². The fourth-order valence-electron chi connectivity index (χ4n) is 3.38. The number of aliphatic imine (C=N–C) groups is 1. The van der Waals surface area contributed by atoms with E-state index in [0.717, 1.165) is 38.0 Å². The molecule has 1 aliphatic heterocycles. The summed E-state index contributed by atoms with van der Waals surface area (Å²) < 4.78 is 29.3. The Kier molecular flexibility index (Phi) is 6.84. The van der Waals surface area contributed by atoms with Crippen LogP contribution in [-0.2, 0) is 13.5 Å². The second-order valence-electron chi connectivity index (χ2n) is 6.93. The average molecular weight is 390 g/mol. The fraction of sp³-hybridized carbons (Fsp3) is 0.500. The molecule has 28 heavy (non-hydrogen) atoms. The van der Waals surface area contributed by atoms with Gasteiger partial charge in [0.2, 0.25) is 0 Å². The Morgan fingerprint density at radius 3 is 2.68 bits per heavy atom. The van der Waals surface area contributed by atoms with Crippen LogP contribution in [0.4, 0.5) is 14.5 Å². The third kappa shape index (κ3) is 5.21. The van der Waals surface area contributed by atoms with Crippen molar-refractivity contribution in [1.29, 1.82) is 0 Å². The van der Waals surface area contributed by atoms with Crippen molar-refractivity contribution in [3.8, 4) is 0 Å². The van der Waals surface area contributed by atoms with Crippen LogP contribution < -0.4 is 10.2 Å². The number of hydrogen-bond acceptors (Lipinski definition) is 3. The Morgan fingerprint density at radius 2 is 2.00 bits per heavy atom. The number of rotatable bonds is 6. The Morgan fingerprint density at radius 1 is 1.21 bits per heavy atom. The number of anilines is 1. The molecule has 0 spiro atoms. The lowest BCUT2D eigenvalue weighted by Gasteiger charge is -2.37. The zero-order valence-corrected chi connectivity index (χ0v) is 16.5. The number of piperazine rings is 1. The second kappa shape index (κ2) is 9.52. The van der Waals surface area contributed by atoms with Crippen molar-refractivity contribution >= 4 is 11.6 Å². The SMILES string of the molecule is CCNC(=NCCCc1cnn(C)c1)N1CCN(c2cc(F)ccc2F)CC1. The number of nitrogens with one attached hydrogen (secondary N) is 1. The van der Waals surface area contributed by atoms with Crippen molar-refractivity contribution in [3.63, 3.8) is 0 Å². The van der Waals surface area contributed by atoms with E-state index in [-0.39, 0.29) is 5.82 Å². The molecule has 8 heteroatoms. The molecule has 1 N–H and O–H groups in total. The minimum absolute atomic E-state index is 0.332. The second-order valence-corrected chi connectivity index (χ2v) is 6.93. The molecule has 1 fully saturated rings. The Bertz CT molecular complexity index is 796. The Hall–Kier alpha value is -2.64. The van der Waals surface area contributed by atoms with Gasteiger partial charge in [0.1, 0.15) is 11.6 Å². The van der Waals surface area contributed by atoms with Crippen molar-refractivity contribution in [2.45, 2.75) is 19.8 Å². The van der Waals surface area contributed by atoms with E-state index >= 15 is 0 Å². The summed E-state index contributed by atoms with van der Waals surface area (Å²) in [4.78, 5) is 8.81. The molecule has 0 atom stereocenters. The van der Waals surface area contributed by atoms with Gasteiger partial charge in [0.25, 0.3) is 0 Å². The lowest BCUT2D eigenvalue weighted by molar-refractivity contribution is 0.370. The van der Waals surface area contributed by atoms with Crippen molar-refractivity contribution < 1.29 is 8.78 Å². The van der Waals surface area contributed by atoms with Gasteiger partial charge in [-0.3, -0.25) is 9.67 Å². The summed E-state index contributed by atoms with van der Waals surface area (Å²) in [7, 11) is 1.92. The minimum Gasteiger partial charge on any atom is -0.366 e. The predicted molar refractivity (Wildman–Crippen MR) is 108 cm³/mol. The number of aromatic nitrogens is 2. The average Bonchev–Trinajstić information content (AvgIpc) is 3.11. The normalized spacial score (nSPS) is 15.2. The highest BCUT2D eigenvalue weighted by molar-refractivity contribution is 5.80. The molecule has 0 radical (unpaired) electrons. The standard InChI is InChI=1S/C20H28F2N6/c1-3-23-20(24-8-4-5-16-14-25-26(2)15-16)28-11-9-27(10-12-28)19-13-17(21)6-7-18(19)22/h6-7,13-15H,3-5,8-12H2,1-2H3,(H,23,24). The van der Waals surface area contributed by atoms with Gasteiger partial charge in [-0.25, -0.2) is 8.78 Å². The van der Waals surface area contributed by atoms with Gasteiger partial charge in [0, 0.05) is 58.6 Å². The van der Waals surface area contributed by atoms with Gasteiger partial charge < -0.3 is 15.1 Å². The Balaban J connectivity index is 1.54. The summed E-state index contributed by atoms with van der Waals surface area (Å²) >= 11 is 0. The van der Waals surface area contributed by atoms with Gasteiger partial charge in [-0.15, -0.1) is 0 Å². The van der Waals surface area contributed by atoms with Crippen molar-refractivity contribution in [2.24, 2.45) is 12.0 Å². The summed E-state index contributed by atoms with van der Waals surface area (Å²) in [6, 6.07) is 3.60. The van der Waals surface area contributed by atoms with Crippen LogP contribution in [0.1, 0.15) is 18.9 Å². The molecule has 3 rings (SSSR count). The van der Waals surface area contributed by atoms with E-state index in [4.69, 9.17) is 4.99 Å². The molecule has 1 saturated heterocycles. The molecule has 2 aromatic rings. The van der Waals surface area contributed by atoms with Gasteiger partial charge in [0.05, 0.1) is 11.9 Å². The summed E-state index contributed by atoms with van der Waals surface area (Å²) in [5, 5.41) is 7.52. The zero-order chi connectivity index (χ0) is 19.9. The monoisotopic (exact) mass is 390 g/mol. The third-order valence-electron chi connectivity index (χ3n) is 4.81. The molecule has 1 aromatic heterocycles. The quantitative estimate of drug-likeness (QED) is 0.468. The van der Waals surface area contributed by atoms with Crippen LogP contribution in [-0.4, -0.2) is 59.9 Å². The summed E-state index contributed by atoms with van der Waals surface area (Å²) in [5.41, 5.74) is 1.55. The van der Waals surface area contributed by atoms with Gasteiger partial charge >= 0.3 is 0 Å². The van der Waals surface area contributed by atoms with Gasteiger partial charge in [0.15, 0.2) is 5.96 Å². The molecule has 6 nitrogen and oxygen atoms in total. The third-order valence-corrected chi connectivity index (χ3v) is 4.81. The van der Waals surface area contributed by atoms with Crippen LogP contribution >= 0.6 is 0 Å².